The molecule has 0 N–H and O–H groups in total. The fourth-order valence-electron chi connectivity index (χ4n) is 1.10. The second-order valence-electron chi connectivity index (χ2n) is 2.33. The Morgan fingerprint density at radius 1 is 1.75 bits per heavy atom. The largest absolute Gasteiger partial charge is 0.335 e. The van der Waals surface area contributed by atoms with Crippen molar-refractivity contribution >= 4 is 18.3 Å². The van der Waals surface area contributed by atoms with E-state index < -0.39 is 0 Å². The molecule has 1 radical (unpaired) electrons. The Morgan fingerprint density at radius 2 is 2.50 bits per heavy atom. The second kappa shape index (κ2) is 2.74. The normalized spacial score (nSPS) is 31.0. The number of halogens is 1. The van der Waals surface area contributed by atoms with Gasteiger partial charge >= 0.3 is 6.83 Å². The van der Waals surface area contributed by atoms with Crippen molar-refractivity contribution in [3.05, 3.63) is 0 Å². The average molecular weight is 130 g/mol. The van der Waals surface area contributed by atoms with E-state index in [9.17, 15) is 0 Å². The molecular weight excluding hydrogens is 120 g/mol. The Labute approximate surface area is 56.2 Å². The zero-order chi connectivity index (χ0) is 5.98. The minimum Gasteiger partial charge on any atom is -0.329 e. The summed E-state index contributed by atoms with van der Waals surface area (Å²) in [5, 5.41) is 0. The van der Waals surface area contributed by atoms with E-state index in [1.807, 2.05) is 0 Å². The third-order valence-electron chi connectivity index (χ3n) is 1.73. The maximum Gasteiger partial charge on any atom is 0.335 e. The highest BCUT2D eigenvalue weighted by Crippen LogP contribution is 2.14. The molecule has 1 heterocycles. The monoisotopic (exact) mass is 130 g/mol. The lowest BCUT2D eigenvalue weighted by atomic mass is 10.2. The molecule has 8 heavy (non-hydrogen) atoms. The Kier molecular flexibility index (Phi) is 2.21. The Hall–Kier alpha value is 0.315. The predicted molar refractivity (Wildman–Crippen MR) is 37.0 cm³/mol. The molecule has 45 valence electrons. The van der Waals surface area contributed by atoms with Crippen LogP contribution in [0.15, 0.2) is 0 Å². The molecule has 0 amide bonds. The summed E-state index contributed by atoms with van der Waals surface area (Å²) >= 11 is 5.50. The van der Waals surface area contributed by atoms with E-state index in [0.29, 0.717) is 6.04 Å². The third kappa shape index (κ3) is 1.18. The fraction of sp³-hybridized carbons (Fsp3) is 1.00. The number of hydrogen-bond donors (Lipinski definition) is 0. The van der Waals surface area contributed by atoms with Gasteiger partial charge in [-0.25, -0.2) is 0 Å². The Morgan fingerprint density at radius 3 is 2.75 bits per heavy atom. The van der Waals surface area contributed by atoms with Crippen LogP contribution in [0.3, 0.4) is 0 Å². The van der Waals surface area contributed by atoms with Crippen molar-refractivity contribution < 1.29 is 0 Å². The first-order valence-corrected chi connectivity index (χ1v) is 3.47. The van der Waals surface area contributed by atoms with Crippen LogP contribution < -0.4 is 0 Å². The molecule has 1 saturated heterocycles. The van der Waals surface area contributed by atoms with E-state index in [1.54, 1.807) is 6.83 Å². The van der Waals surface area contributed by atoms with E-state index in [1.165, 1.54) is 12.8 Å². The van der Waals surface area contributed by atoms with Crippen molar-refractivity contribution in [3.63, 3.8) is 0 Å². The van der Waals surface area contributed by atoms with Gasteiger partial charge in [0.05, 0.1) is 0 Å². The highest BCUT2D eigenvalue weighted by atomic mass is 35.5. The summed E-state index contributed by atoms with van der Waals surface area (Å²) in [4.78, 5) is 2.17. The van der Waals surface area contributed by atoms with E-state index in [2.05, 4.69) is 11.7 Å². The van der Waals surface area contributed by atoms with Crippen molar-refractivity contribution in [2.75, 3.05) is 6.54 Å². The van der Waals surface area contributed by atoms with Gasteiger partial charge in [0.15, 0.2) is 0 Å². The van der Waals surface area contributed by atoms with Crippen LogP contribution in [0.2, 0.25) is 0 Å². The van der Waals surface area contributed by atoms with E-state index in [0.717, 1.165) is 6.54 Å². The summed E-state index contributed by atoms with van der Waals surface area (Å²) in [5.41, 5.74) is 0. The summed E-state index contributed by atoms with van der Waals surface area (Å²) in [5.74, 6) is 0. The van der Waals surface area contributed by atoms with Crippen LogP contribution in [0.25, 0.3) is 0 Å². The molecule has 0 aromatic rings. The molecule has 0 bridgehead atoms. The molecule has 1 unspecified atom stereocenters. The van der Waals surface area contributed by atoms with Gasteiger partial charge in [0.1, 0.15) is 0 Å². The molecule has 1 rings (SSSR count). The van der Waals surface area contributed by atoms with Crippen LogP contribution in [0.5, 0.6) is 0 Å². The maximum absolute atomic E-state index is 5.50. The van der Waals surface area contributed by atoms with Gasteiger partial charge in [-0.3, -0.25) is 0 Å². The Bertz CT molecular complexity index is 78.8. The molecule has 0 aliphatic carbocycles. The fourth-order valence-corrected chi connectivity index (χ4v) is 1.39. The van der Waals surface area contributed by atoms with Gasteiger partial charge in [-0.1, -0.05) is 6.92 Å². The quantitative estimate of drug-likeness (QED) is 0.483. The average Bonchev–Trinajstić information content (AvgIpc) is 2.14. The first kappa shape index (κ1) is 6.44. The summed E-state index contributed by atoms with van der Waals surface area (Å²) in [6.45, 7) is 5.01. The van der Waals surface area contributed by atoms with Gasteiger partial charge in [-0.05, 0) is 25.4 Å². The highest BCUT2D eigenvalue weighted by molar-refractivity contribution is 6.92. The lowest BCUT2D eigenvalue weighted by molar-refractivity contribution is 0.446. The van der Waals surface area contributed by atoms with Gasteiger partial charge in [0, 0.05) is 0 Å². The molecule has 3 heteroatoms. The first-order valence-electron chi connectivity index (χ1n) is 3.04. The number of nitrogens with zero attached hydrogens (tertiary/aromatic N) is 1. The SMILES string of the molecule is CC1CCCN1[B]Cl. The molecule has 0 aromatic carbocycles. The number of hydrogen-bond acceptors (Lipinski definition) is 1. The molecule has 1 aliphatic heterocycles. The minimum atomic E-state index is 0.674. The zero-order valence-corrected chi connectivity index (χ0v) is 5.86. The molecule has 0 saturated carbocycles. The lowest BCUT2D eigenvalue weighted by Crippen LogP contribution is -2.27. The molecule has 1 fully saturated rings. The number of rotatable bonds is 1. The lowest BCUT2D eigenvalue weighted by Gasteiger charge is -2.15. The Balaban J connectivity index is 2.30. The molecule has 1 nitrogen and oxygen atoms in total. The van der Waals surface area contributed by atoms with Crippen molar-refractivity contribution in [2.45, 2.75) is 25.8 Å². The van der Waals surface area contributed by atoms with E-state index in [-0.39, 0.29) is 0 Å². The van der Waals surface area contributed by atoms with Crippen molar-refractivity contribution in [2.24, 2.45) is 0 Å². The molecule has 1 aliphatic rings. The van der Waals surface area contributed by atoms with Crippen LogP contribution in [0.4, 0.5) is 0 Å². The standard InChI is InChI=1S/C5H10BClN/c1-5-3-2-4-8(5)6-7/h5H,2-4H2,1H3. The van der Waals surface area contributed by atoms with Gasteiger partial charge in [-0.2, -0.15) is 11.5 Å². The minimum absolute atomic E-state index is 0.674. The predicted octanol–water partition coefficient (Wildman–Crippen LogP) is 1.24. The second-order valence-corrected chi connectivity index (χ2v) is 2.52. The van der Waals surface area contributed by atoms with E-state index >= 15 is 0 Å². The van der Waals surface area contributed by atoms with Crippen LogP contribution in [-0.2, 0) is 0 Å². The van der Waals surface area contributed by atoms with Crippen molar-refractivity contribution in [1.82, 2.24) is 4.81 Å². The first-order chi connectivity index (χ1) is 3.84. The topological polar surface area (TPSA) is 3.24 Å². The summed E-state index contributed by atoms with van der Waals surface area (Å²) in [7, 11) is 0. The van der Waals surface area contributed by atoms with Crippen LogP contribution in [0.1, 0.15) is 19.8 Å². The zero-order valence-electron chi connectivity index (χ0n) is 5.10. The van der Waals surface area contributed by atoms with E-state index in [4.69, 9.17) is 11.5 Å². The van der Waals surface area contributed by atoms with Crippen molar-refractivity contribution in [3.8, 4) is 0 Å². The maximum atomic E-state index is 5.50. The van der Waals surface area contributed by atoms with Gasteiger partial charge in [0.2, 0.25) is 0 Å². The van der Waals surface area contributed by atoms with Crippen molar-refractivity contribution in [1.29, 1.82) is 0 Å². The van der Waals surface area contributed by atoms with Crippen LogP contribution >= 0.6 is 11.5 Å². The van der Waals surface area contributed by atoms with Gasteiger partial charge < -0.3 is 4.81 Å². The molecular formula is C5H10BClN. The van der Waals surface area contributed by atoms with Gasteiger partial charge in [0.25, 0.3) is 0 Å². The molecule has 1 atom stereocenters. The summed E-state index contributed by atoms with van der Waals surface area (Å²) in [6, 6.07) is 0.674. The molecule has 0 spiro atoms. The van der Waals surface area contributed by atoms with Crippen LogP contribution in [-0.4, -0.2) is 24.2 Å². The third-order valence-corrected chi connectivity index (χ3v) is 1.98. The molecule has 0 aromatic heterocycles. The van der Waals surface area contributed by atoms with Gasteiger partial charge in [-0.15, -0.1) is 0 Å². The summed E-state index contributed by atoms with van der Waals surface area (Å²) in [6.07, 6.45) is 2.59. The highest BCUT2D eigenvalue weighted by Gasteiger charge is 2.18. The smallest absolute Gasteiger partial charge is 0.329 e. The van der Waals surface area contributed by atoms with Crippen LogP contribution in [0, 0.1) is 0 Å². The summed E-state index contributed by atoms with van der Waals surface area (Å²) < 4.78 is 0.